The zero-order valence-corrected chi connectivity index (χ0v) is 16.8. The Morgan fingerprint density at radius 3 is 2.43 bits per heavy atom. The van der Waals surface area contributed by atoms with Gasteiger partial charge in [0.1, 0.15) is 28.9 Å². The molecule has 2 aromatic carbocycles. The molecule has 0 fully saturated rings. The summed E-state index contributed by atoms with van der Waals surface area (Å²) in [5.41, 5.74) is 2.37. The van der Waals surface area contributed by atoms with E-state index >= 15 is 0 Å². The minimum Gasteiger partial charge on any atom is -0.454 e. The first-order valence-electron chi connectivity index (χ1n) is 9.38. The molecule has 2 heterocycles. The summed E-state index contributed by atoms with van der Waals surface area (Å²) in [5.74, 6) is -0.559. The number of hydrogen-bond donors (Lipinski definition) is 1. The number of fused-ring (bicyclic) bond motifs is 1. The molecule has 2 aromatic heterocycles. The predicted molar refractivity (Wildman–Crippen MR) is 111 cm³/mol. The van der Waals surface area contributed by atoms with Crippen molar-refractivity contribution in [3.05, 3.63) is 78.1 Å². The van der Waals surface area contributed by atoms with Crippen LogP contribution < -0.4 is 10.1 Å². The molecule has 7 heteroatoms. The fourth-order valence-corrected chi connectivity index (χ4v) is 3.26. The van der Waals surface area contributed by atoms with Gasteiger partial charge in [-0.15, -0.1) is 0 Å². The zero-order valence-electron chi connectivity index (χ0n) is 16.8. The van der Waals surface area contributed by atoms with Crippen LogP contribution in [0.5, 0.6) is 5.95 Å². The number of carbonyl (C=O) groups is 1. The van der Waals surface area contributed by atoms with Gasteiger partial charge in [0.05, 0.1) is 0 Å². The standard InChI is InChI=1S/C23H20FN3O3/c1-23(2,16-5-7-17(24)8-6-16)30-22-20(21(28)25-3)18-9-4-14(10-19(18)29-22)15-11-26-13-27-12-15/h4-13H,1-3H3,(H,25,28). The van der Waals surface area contributed by atoms with E-state index in [1.807, 2.05) is 32.0 Å². The number of nitrogens with one attached hydrogen (secondary N) is 1. The van der Waals surface area contributed by atoms with Crippen LogP contribution in [0.4, 0.5) is 4.39 Å². The molecule has 30 heavy (non-hydrogen) atoms. The Hall–Kier alpha value is -3.74. The van der Waals surface area contributed by atoms with E-state index in [0.29, 0.717) is 16.5 Å². The van der Waals surface area contributed by atoms with E-state index in [0.717, 1.165) is 16.7 Å². The van der Waals surface area contributed by atoms with Crippen LogP contribution in [0.1, 0.15) is 29.8 Å². The first-order valence-corrected chi connectivity index (χ1v) is 9.38. The number of benzene rings is 2. The van der Waals surface area contributed by atoms with Gasteiger partial charge in [-0.25, -0.2) is 14.4 Å². The van der Waals surface area contributed by atoms with E-state index < -0.39 is 5.60 Å². The van der Waals surface area contributed by atoms with Crippen LogP contribution in [0.2, 0.25) is 0 Å². The minimum absolute atomic E-state index is 0.0973. The molecule has 4 rings (SSSR count). The molecule has 1 N–H and O–H groups in total. The van der Waals surface area contributed by atoms with Crippen LogP contribution in [0, 0.1) is 5.82 Å². The molecule has 0 spiro atoms. The average Bonchev–Trinajstić information content (AvgIpc) is 3.10. The van der Waals surface area contributed by atoms with Crippen molar-refractivity contribution in [3.63, 3.8) is 0 Å². The summed E-state index contributed by atoms with van der Waals surface area (Å²) >= 11 is 0. The predicted octanol–water partition coefficient (Wildman–Crippen LogP) is 4.70. The van der Waals surface area contributed by atoms with E-state index in [4.69, 9.17) is 9.15 Å². The summed E-state index contributed by atoms with van der Waals surface area (Å²) in [7, 11) is 1.55. The molecule has 0 bridgehead atoms. The highest BCUT2D eigenvalue weighted by Crippen LogP contribution is 2.38. The zero-order chi connectivity index (χ0) is 21.3. The van der Waals surface area contributed by atoms with Gasteiger partial charge in [-0.05, 0) is 49.2 Å². The van der Waals surface area contributed by atoms with Crippen molar-refractivity contribution < 1.29 is 18.3 Å². The maximum Gasteiger partial charge on any atom is 0.299 e. The number of rotatable bonds is 5. The van der Waals surface area contributed by atoms with Crippen molar-refractivity contribution in [1.82, 2.24) is 15.3 Å². The van der Waals surface area contributed by atoms with Crippen molar-refractivity contribution in [2.24, 2.45) is 0 Å². The highest BCUT2D eigenvalue weighted by atomic mass is 19.1. The first-order chi connectivity index (χ1) is 14.4. The summed E-state index contributed by atoms with van der Waals surface area (Å²) in [4.78, 5) is 20.7. The highest BCUT2D eigenvalue weighted by Gasteiger charge is 2.29. The van der Waals surface area contributed by atoms with Crippen LogP contribution >= 0.6 is 0 Å². The molecule has 1 amide bonds. The van der Waals surface area contributed by atoms with Crippen molar-refractivity contribution in [2.75, 3.05) is 7.05 Å². The molecule has 0 atom stereocenters. The maximum atomic E-state index is 13.3. The fraction of sp³-hybridized carbons (Fsp3) is 0.174. The average molecular weight is 405 g/mol. The molecule has 6 nitrogen and oxygen atoms in total. The van der Waals surface area contributed by atoms with Gasteiger partial charge in [-0.3, -0.25) is 4.79 Å². The SMILES string of the molecule is CNC(=O)c1c(OC(C)(C)c2ccc(F)cc2)oc2cc(-c3cncnc3)ccc12. The number of carbonyl (C=O) groups excluding carboxylic acids is 1. The van der Waals surface area contributed by atoms with Crippen molar-refractivity contribution in [1.29, 1.82) is 0 Å². The summed E-state index contributed by atoms with van der Waals surface area (Å²) in [5, 5.41) is 3.26. The van der Waals surface area contributed by atoms with Gasteiger partial charge in [0.25, 0.3) is 11.9 Å². The van der Waals surface area contributed by atoms with Gasteiger partial charge in [-0.2, -0.15) is 0 Å². The van der Waals surface area contributed by atoms with Gasteiger partial charge in [0.15, 0.2) is 0 Å². The third-order valence-corrected chi connectivity index (χ3v) is 4.89. The van der Waals surface area contributed by atoms with Crippen LogP contribution in [0.25, 0.3) is 22.1 Å². The fourth-order valence-electron chi connectivity index (χ4n) is 3.26. The lowest BCUT2D eigenvalue weighted by Gasteiger charge is -2.25. The van der Waals surface area contributed by atoms with E-state index in [-0.39, 0.29) is 17.7 Å². The van der Waals surface area contributed by atoms with Gasteiger partial charge < -0.3 is 14.5 Å². The topological polar surface area (TPSA) is 77.2 Å². The Morgan fingerprint density at radius 2 is 1.77 bits per heavy atom. The van der Waals surface area contributed by atoms with Crippen molar-refractivity contribution in [3.8, 4) is 17.1 Å². The van der Waals surface area contributed by atoms with E-state index in [1.54, 1.807) is 31.6 Å². The lowest BCUT2D eigenvalue weighted by atomic mass is 9.98. The molecule has 0 aliphatic heterocycles. The van der Waals surface area contributed by atoms with E-state index in [2.05, 4.69) is 15.3 Å². The number of ether oxygens (including phenoxy) is 1. The second-order valence-electron chi connectivity index (χ2n) is 7.30. The monoisotopic (exact) mass is 405 g/mol. The molecule has 0 saturated carbocycles. The van der Waals surface area contributed by atoms with Crippen LogP contribution in [-0.4, -0.2) is 22.9 Å². The number of halogens is 1. The molecule has 0 saturated heterocycles. The Bertz CT molecular complexity index is 1200. The van der Waals surface area contributed by atoms with E-state index in [1.165, 1.54) is 18.5 Å². The number of amides is 1. The molecule has 0 aliphatic carbocycles. The second-order valence-corrected chi connectivity index (χ2v) is 7.30. The van der Waals surface area contributed by atoms with Crippen LogP contribution in [0.3, 0.4) is 0 Å². The lowest BCUT2D eigenvalue weighted by Crippen LogP contribution is -2.27. The Balaban J connectivity index is 1.79. The summed E-state index contributed by atoms with van der Waals surface area (Å²) in [6, 6.07) is 11.5. The van der Waals surface area contributed by atoms with Gasteiger partial charge in [0.2, 0.25) is 0 Å². The van der Waals surface area contributed by atoms with Gasteiger partial charge in [0, 0.05) is 30.4 Å². The molecule has 0 radical (unpaired) electrons. The number of nitrogens with zero attached hydrogens (tertiary/aromatic N) is 2. The summed E-state index contributed by atoms with van der Waals surface area (Å²) in [6.07, 6.45) is 4.86. The molecular formula is C23H20FN3O3. The van der Waals surface area contributed by atoms with Crippen molar-refractivity contribution >= 4 is 16.9 Å². The Kier molecular flexibility index (Phi) is 4.95. The van der Waals surface area contributed by atoms with Gasteiger partial charge in [-0.1, -0.05) is 18.2 Å². The molecule has 0 unspecified atom stereocenters. The quantitative estimate of drug-likeness (QED) is 0.521. The van der Waals surface area contributed by atoms with E-state index in [9.17, 15) is 9.18 Å². The smallest absolute Gasteiger partial charge is 0.299 e. The Labute approximate surface area is 172 Å². The highest BCUT2D eigenvalue weighted by molar-refractivity contribution is 6.08. The third kappa shape index (κ3) is 3.61. The largest absolute Gasteiger partial charge is 0.454 e. The molecule has 0 aliphatic rings. The summed E-state index contributed by atoms with van der Waals surface area (Å²) < 4.78 is 25.4. The normalized spacial score (nSPS) is 11.5. The number of hydrogen-bond acceptors (Lipinski definition) is 5. The number of furan rings is 1. The minimum atomic E-state index is -0.861. The van der Waals surface area contributed by atoms with Crippen LogP contribution in [0.15, 0.2) is 65.6 Å². The molecular weight excluding hydrogens is 385 g/mol. The number of aromatic nitrogens is 2. The maximum absolute atomic E-state index is 13.3. The lowest BCUT2D eigenvalue weighted by molar-refractivity contribution is 0.0736. The summed E-state index contributed by atoms with van der Waals surface area (Å²) in [6.45, 7) is 3.65. The molecule has 4 aromatic rings. The first kappa shape index (κ1) is 19.6. The van der Waals surface area contributed by atoms with Crippen molar-refractivity contribution in [2.45, 2.75) is 19.4 Å². The van der Waals surface area contributed by atoms with Crippen LogP contribution in [-0.2, 0) is 5.60 Å². The Morgan fingerprint density at radius 1 is 1.07 bits per heavy atom. The van der Waals surface area contributed by atoms with Gasteiger partial charge >= 0.3 is 0 Å². The third-order valence-electron chi connectivity index (χ3n) is 4.89. The molecule has 152 valence electrons. The second kappa shape index (κ2) is 7.59.